The van der Waals surface area contributed by atoms with E-state index in [1.165, 1.54) is 0 Å². The summed E-state index contributed by atoms with van der Waals surface area (Å²) in [5, 5.41) is 10.5. The van der Waals surface area contributed by atoms with E-state index in [1.807, 2.05) is 55.4 Å². The monoisotopic (exact) mass is 337 g/mol. The number of hydrogen-bond acceptors (Lipinski definition) is 3. The number of carbonyl (C=O) groups is 1. The maximum absolute atomic E-state index is 12.7. The van der Waals surface area contributed by atoms with Gasteiger partial charge < -0.3 is 14.7 Å². The Bertz CT molecular complexity index is 503. The highest BCUT2D eigenvalue weighted by atomic mass is 16.6. The number of nitrogens with zero attached hydrogens (tertiary/aromatic N) is 1. The minimum atomic E-state index is -0.856. The number of hydrogen-bond donors (Lipinski definition) is 1. The predicted molar refractivity (Wildman–Crippen MR) is 98.6 cm³/mol. The van der Waals surface area contributed by atoms with E-state index < -0.39 is 5.60 Å². The number of aliphatic hydroxyl groups is 1. The van der Waals surface area contributed by atoms with Gasteiger partial charge in [-0.15, -0.1) is 0 Å². The first kappa shape index (κ1) is 20.8. The van der Waals surface area contributed by atoms with Crippen LogP contribution in [0.5, 0.6) is 0 Å². The van der Waals surface area contributed by atoms with Crippen molar-refractivity contribution < 1.29 is 14.6 Å². The topological polar surface area (TPSA) is 49.8 Å². The Morgan fingerprint density at radius 1 is 1.29 bits per heavy atom. The fourth-order valence-electron chi connectivity index (χ4n) is 3.62. The number of rotatable bonds is 5. The van der Waals surface area contributed by atoms with E-state index in [4.69, 9.17) is 4.74 Å². The average Bonchev–Trinajstić information content (AvgIpc) is 2.38. The summed E-state index contributed by atoms with van der Waals surface area (Å²) >= 11 is 0. The molecule has 0 saturated carbocycles. The van der Waals surface area contributed by atoms with Crippen LogP contribution in [0.2, 0.25) is 0 Å². The maximum Gasteiger partial charge on any atom is 0.415 e. The lowest BCUT2D eigenvalue weighted by molar-refractivity contribution is 0.0145. The maximum atomic E-state index is 12.7. The Labute approximate surface area is 147 Å². The van der Waals surface area contributed by atoms with Gasteiger partial charge >= 0.3 is 6.09 Å². The summed E-state index contributed by atoms with van der Waals surface area (Å²) in [6, 6.07) is 0.146. The number of amides is 1. The van der Waals surface area contributed by atoms with Crippen LogP contribution in [0, 0.1) is 11.8 Å². The Hall–Kier alpha value is -1.29. The Morgan fingerprint density at radius 2 is 1.79 bits per heavy atom. The highest BCUT2D eigenvalue weighted by molar-refractivity contribution is 5.69. The molecule has 1 N–H and O–H groups in total. The van der Waals surface area contributed by atoms with Gasteiger partial charge in [-0.2, -0.15) is 0 Å². The molecule has 0 aromatic carbocycles. The minimum absolute atomic E-state index is 0.0395. The van der Waals surface area contributed by atoms with Gasteiger partial charge in [0.05, 0.1) is 5.60 Å². The molecule has 0 aromatic rings. The van der Waals surface area contributed by atoms with Gasteiger partial charge in [-0.3, -0.25) is 0 Å². The van der Waals surface area contributed by atoms with E-state index in [9.17, 15) is 9.90 Å². The van der Waals surface area contributed by atoms with Gasteiger partial charge in [0.1, 0.15) is 5.76 Å². The number of allylic oxidation sites excluding steroid dienone is 2. The quantitative estimate of drug-likeness (QED) is 0.727. The number of ether oxygens (including phenoxy) is 1. The van der Waals surface area contributed by atoms with Crippen molar-refractivity contribution in [2.75, 3.05) is 0 Å². The Kier molecular flexibility index (Phi) is 6.68. The lowest BCUT2D eigenvalue weighted by Gasteiger charge is -2.39. The summed E-state index contributed by atoms with van der Waals surface area (Å²) in [7, 11) is 0. The molecule has 0 aliphatic heterocycles. The molecule has 0 bridgehead atoms. The smallest absolute Gasteiger partial charge is 0.415 e. The van der Waals surface area contributed by atoms with E-state index in [2.05, 4.69) is 6.58 Å². The molecular formula is C20H35NO3. The molecule has 0 radical (unpaired) electrons. The van der Waals surface area contributed by atoms with Crippen molar-refractivity contribution in [3.8, 4) is 0 Å². The number of carbonyl (C=O) groups excluding carboxylic acids is 1. The second-order valence-electron chi connectivity index (χ2n) is 8.26. The van der Waals surface area contributed by atoms with E-state index in [0.717, 1.165) is 17.6 Å². The van der Waals surface area contributed by atoms with Crippen LogP contribution < -0.4 is 0 Å². The van der Waals surface area contributed by atoms with Crippen LogP contribution in [-0.2, 0) is 4.74 Å². The molecule has 4 nitrogen and oxygen atoms in total. The zero-order valence-electron chi connectivity index (χ0n) is 16.6. The molecule has 4 heteroatoms. The molecule has 0 aromatic heterocycles. The predicted octanol–water partition coefficient (Wildman–Crippen LogP) is 4.89. The summed E-state index contributed by atoms with van der Waals surface area (Å²) in [4.78, 5) is 14.4. The van der Waals surface area contributed by atoms with E-state index in [-0.39, 0.29) is 30.0 Å². The van der Waals surface area contributed by atoms with Gasteiger partial charge in [0.25, 0.3) is 0 Å². The van der Waals surface area contributed by atoms with Gasteiger partial charge in [-0.1, -0.05) is 12.2 Å². The SMILES string of the molecule is C=C(C)[C@H]1CC(OC(=O)N(C(C)C)C(C)C)=C(C)[C@H](C(C)(C)O)C1. The summed E-state index contributed by atoms with van der Waals surface area (Å²) in [5.74, 6) is 0.874. The molecule has 0 saturated heterocycles. The highest BCUT2D eigenvalue weighted by Crippen LogP contribution is 2.42. The molecule has 1 amide bonds. The van der Waals surface area contributed by atoms with Crippen molar-refractivity contribution in [2.45, 2.75) is 85.9 Å². The summed E-state index contributed by atoms with van der Waals surface area (Å²) in [6.45, 7) is 19.6. The lowest BCUT2D eigenvalue weighted by Crippen LogP contribution is -2.43. The zero-order valence-corrected chi connectivity index (χ0v) is 16.6. The third-order valence-electron chi connectivity index (χ3n) is 5.00. The van der Waals surface area contributed by atoms with Gasteiger partial charge in [-0.25, -0.2) is 4.79 Å². The van der Waals surface area contributed by atoms with Crippen molar-refractivity contribution >= 4 is 6.09 Å². The van der Waals surface area contributed by atoms with E-state index >= 15 is 0 Å². The molecular weight excluding hydrogens is 302 g/mol. The van der Waals surface area contributed by atoms with Crippen molar-refractivity contribution in [1.29, 1.82) is 0 Å². The minimum Gasteiger partial charge on any atom is -0.415 e. The molecule has 0 spiro atoms. The van der Waals surface area contributed by atoms with Crippen LogP contribution in [0.3, 0.4) is 0 Å². The van der Waals surface area contributed by atoms with Crippen LogP contribution in [-0.4, -0.2) is 33.8 Å². The third kappa shape index (κ3) is 4.85. The molecule has 1 rings (SSSR count). The first-order valence-electron chi connectivity index (χ1n) is 8.93. The molecule has 138 valence electrons. The van der Waals surface area contributed by atoms with Crippen LogP contribution in [0.1, 0.15) is 68.2 Å². The van der Waals surface area contributed by atoms with Crippen molar-refractivity contribution in [3.63, 3.8) is 0 Å². The third-order valence-corrected chi connectivity index (χ3v) is 5.00. The molecule has 0 unspecified atom stereocenters. The highest BCUT2D eigenvalue weighted by Gasteiger charge is 2.38. The summed E-state index contributed by atoms with van der Waals surface area (Å²) in [5.41, 5.74) is 1.18. The fraction of sp³-hybridized carbons (Fsp3) is 0.750. The summed E-state index contributed by atoms with van der Waals surface area (Å²) < 4.78 is 5.81. The first-order chi connectivity index (χ1) is 10.9. The van der Waals surface area contributed by atoms with Gasteiger partial charge in [0.15, 0.2) is 0 Å². The van der Waals surface area contributed by atoms with E-state index in [0.29, 0.717) is 12.2 Å². The molecule has 24 heavy (non-hydrogen) atoms. The molecule has 2 atom stereocenters. The largest absolute Gasteiger partial charge is 0.415 e. The second kappa shape index (κ2) is 7.73. The first-order valence-corrected chi connectivity index (χ1v) is 8.93. The van der Waals surface area contributed by atoms with Crippen LogP contribution in [0.4, 0.5) is 4.79 Å². The average molecular weight is 338 g/mol. The second-order valence-corrected chi connectivity index (χ2v) is 8.26. The standard InChI is InChI=1S/C20H35NO3/c1-12(2)16-10-17(20(8,9)23)15(7)18(11-16)24-19(22)21(13(3)4)14(5)6/h13-14,16-17,23H,1,10-11H2,2-9H3/t16-,17-/m1/s1. The Balaban J connectivity index is 3.13. The van der Waals surface area contributed by atoms with Gasteiger partial charge in [0.2, 0.25) is 0 Å². The fourth-order valence-corrected chi connectivity index (χ4v) is 3.62. The lowest BCUT2D eigenvalue weighted by atomic mass is 9.71. The van der Waals surface area contributed by atoms with Crippen LogP contribution >= 0.6 is 0 Å². The van der Waals surface area contributed by atoms with Crippen LogP contribution in [0.15, 0.2) is 23.5 Å². The van der Waals surface area contributed by atoms with Crippen LogP contribution in [0.25, 0.3) is 0 Å². The zero-order chi connectivity index (χ0) is 18.8. The Morgan fingerprint density at radius 3 is 2.17 bits per heavy atom. The summed E-state index contributed by atoms with van der Waals surface area (Å²) in [6.07, 6.45) is 1.19. The van der Waals surface area contributed by atoms with Crippen molar-refractivity contribution in [3.05, 3.63) is 23.5 Å². The van der Waals surface area contributed by atoms with Crippen molar-refractivity contribution in [1.82, 2.24) is 4.90 Å². The molecule has 0 heterocycles. The van der Waals surface area contributed by atoms with E-state index in [1.54, 1.807) is 4.90 Å². The van der Waals surface area contributed by atoms with Crippen molar-refractivity contribution in [2.24, 2.45) is 11.8 Å². The van der Waals surface area contributed by atoms with Gasteiger partial charge in [0, 0.05) is 24.4 Å². The van der Waals surface area contributed by atoms with Gasteiger partial charge in [-0.05, 0) is 73.3 Å². The molecule has 1 aliphatic rings. The molecule has 1 aliphatic carbocycles. The normalized spacial score (nSPS) is 22.1. The molecule has 0 fully saturated rings.